The molecule has 2 saturated heterocycles. The number of hydrogen-bond donors (Lipinski definition) is 2. The van der Waals surface area contributed by atoms with Gasteiger partial charge in [-0.05, 0) is 50.7 Å². The van der Waals surface area contributed by atoms with Gasteiger partial charge in [0, 0.05) is 31.0 Å². The standard InChI is InChI=1S/C17H23Cl2N3O/c1-20-16-10-22(17(23)11-4-6-21-7-5-11)9-13(16)12-2-3-14(18)15(19)8-12/h2-3,8,11,13,16,20-21H,4-7,9-10H2,1H3/t13-,16+/m1/s1. The van der Waals surface area contributed by atoms with Gasteiger partial charge >= 0.3 is 0 Å². The molecule has 2 heterocycles. The van der Waals surface area contributed by atoms with Crippen molar-refractivity contribution < 1.29 is 4.79 Å². The Hall–Kier alpha value is -0.810. The van der Waals surface area contributed by atoms with Crippen molar-refractivity contribution >= 4 is 29.1 Å². The number of likely N-dealkylation sites (N-methyl/N-ethyl adjacent to an activating group) is 1. The normalized spacial score (nSPS) is 25.8. The van der Waals surface area contributed by atoms with Gasteiger partial charge in [0.15, 0.2) is 0 Å². The summed E-state index contributed by atoms with van der Waals surface area (Å²) >= 11 is 12.2. The molecule has 2 N–H and O–H groups in total. The molecule has 3 rings (SSSR count). The van der Waals surface area contributed by atoms with Crippen molar-refractivity contribution in [1.82, 2.24) is 15.5 Å². The van der Waals surface area contributed by atoms with E-state index in [-0.39, 0.29) is 17.9 Å². The highest BCUT2D eigenvalue weighted by atomic mass is 35.5. The second kappa shape index (κ2) is 7.39. The SMILES string of the molecule is CN[C@H]1CN(C(=O)C2CCNCC2)C[C@@H]1c1ccc(Cl)c(Cl)c1. The highest BCUT2D eigenvalue weighted by Gasteiger charge is 2.37. The third-order valence-electron chi connectivity index (χ3n) is 5.06. The molecule has 2 aliphatic heterocycles. The van der Waals surface area contributed by atoms with Crippen molar-refractivity contribution in [3.8, 4) is 0 Å². The van der Waals surface area contributed by atoms with Gasteiger partial charge in [-0.25, -0.2) is 0 Å². The molecule has 0 unspecified atom stereocenters. The number of carbonyl (C=O) groups is 1. The van der Waals surface area contributed by atoms with E-state index in [0.29, 0.717) is 16.0 Å². The number of nitrogens with one attached hydrogen (secondary N) is 2. The van der Waals surface area contributed by atoms with Crippen LogP contribution in [0.1, 0.15) is 24.3 Å². The topological polar surface area (TPSA) is 44.4 Å². The summed E-state index contributed by atoms with van der Waals surface area (Å²) in [5.41, 5.74) is 1.14. The Kier molecular flexibility index (Phi) is 5.47. The third kappa shape index (κ3) is 3.66. The summed E-state index contributed by atoms with van der Waals surface area (Å²) in [5.74, 6) is 0.719. The lowest BCUT2D eigenvalue weighted by Crippen LogP contribution is -2.41. The second-order valence-corrected chi connectivity index (χ2v) is 7.26. The Labute approximate surface area is 147 Å². The minimum Gasteiger partial charge on any atom is -0.340 e. The molecule has 1 aromatic carbocycles. The summed E-state index contributed by atoms with van der Waals surface area (Å²) in [4.78, 5) is 14.8. The van der Waals surface area contributed by atoms with Gasteiger partial charge in [-0.2, -0.15) is 0 Å². The number of rotatable bonds is 3. The summed E-state index contributed by atoms with van der Waals surface area (Å²) in [7, 11) is 1.95. The van der Waals surface area contributed by atoms with Gasteiger partial charge in [-0.3, -0.25) is 4.79 Å². The fourth-order valence-corrected chi connectivity index (χ4v) is 3.99. The number of nitrogens with zero attached hydrogens (tertiary/aromatic N) is 1. The van der Waals surface area contributed by atoms with Gasteiger partial charge < -0.3 is 15.5 Å². The molecule has 0 spiro atoms. The van der Waals surface area contributed by atoms with E-state index in [2.05, 4.69) is 10.6 Å². The number of likely N-dealkylation sites (tertiary alicyclic amines) is 1. The third-order valence-corrected chi connectivity index (χ3v) is 5.80. The van der Waals surface area contributed by atoms with Crippen molar-refractivity contribution in [3.63, 3.8) is 0 Å². The molecule has 2 aliphatic rings. The molecule has 0 saturated carbocycles. The molecule has 23 heavy (non-hydrogen) atoms. The van der Waals surface area contributed by atoms with E-state index < -0.39 is 0 Å². The molecule has 1 amide bonds. The van der Waals surface area contributed by atoms with Gasteiger partial charge in [0.25, 0.3) is 0 Å². The van der Waals surface area contributed by atoms with Crippen LogP contribution in [0, 0.1) is 5.92 Å². The lowest BCUT2D eigenvalue weighted by atomic mass is 9.94. The quantitative estimate of drug-likeness (QED) is 0.875. The van der Waals surface area contributed by atoms with E-state index >= 15 is 0 Å². The molecular weight excluding hydrogens is 333 g/mol. The van der Waals surface area contributed by atoms with E-state index in [1.165, 1.54) is 0 Å². The summed E-state index contributed by atoms with van der Waals surface area (Å²) in [6, 6.07) is 6.03. The minimum absolute atomic E-state index is 0.168. The largest absolute Gasteiger partial charge is 0.340 e. The molecule has 0 radical (unpaired) electrons. The van der Waals surface area contributed by atoms with E-state index in [1.807, 2.05) is 30.1 Å². The predicted molar refractivity (Wildman–Crippen MR) is 94.2 cm³/mol. The Morgan fingerprint density at radius 3 is 2.61 bits per heavy atom. The molecule has 0 aromatic heterocycles. The number of halogens is 2. The zero-order chi connectivity index (χ0) is 16.4. The average molecular weight is 356 g/mol. The Bertz CT molecular complexity index is 575. The van der Waals surface area contributed by atoms with E-state index in [4.69, 9.17) is 23.2 Å². The fraction of sp³-hybridized carbons (Fsp3) is 0.588. The van der Waals surface area contributed by atoms with Crippen molar-refractivity contribution in [2.75, 3.05) is 33.2 Å². The number of carbonyl (C=O) groups excluding carboxylic acids is 1. The van der Waals surface area contributed by atoms with Gasteiger partial charge in [-0.15, -0.1) is 0 Å². The highest BCUT2D eigenvalue weighted by molar-refractivity contribution is 6.42. The first-order chi connectivity index (χ1) is 11.1. The Balaban J connectivity index is 1.74. The predicted octanol–water partition coefficient (Wildman–Crippen LogP) is 2.51. The number of benzene rings is 1. The number of piperidine rings is 1. The molecule has 0 bridgehead atoms. The highest BCUT2D eigenvalue weighted by Crippen LogP contribution is 2.33. The van der Waals surface area contributed by atoms with Crippen LogP contribution in [0.25, 0.3) is 0 Å². The Morgan fingerprint density at radius 1 is 1.22 bits per heavy atom. The van der Waals surface area contributed by atoms with Crippen molar-refractivity contribution in [1.29, 1.82) is 0 Å². The van der Waals surface area contributed by atoms with Gasteiger partial charge in [0.05, 0.1) is 10.0 Å². The summed E-state index contributed by atoms with van der Waals surface area (Å²) < 4.78 is 0. The van der Waals surface area contributed by atoms with E-state index in [0.717, 1.165) is 44.6 Å². The molecule has 1 aromatic rings. The van der Waals surface area contributed by atoms with Crippen LogP contribution in [0.2, 0.25) is 10.0 Å². The average Bonchev–Trinajstić information content (AvgIpc) is 3.02. The van der Waals surface area contributed by atoms with Crippen LogP contribution in [0.15, 0.2) is 18.2 Å². The second-order valence-electron chi connectivity index (χ2n) is 6.44. The number of amides is 1. The van der Waals surface area contributed by atoms with Crippen LogP contribution >= 0.6 is 23.2 Å². The monoisotopic (exact) mass is 355 g/mol. The summed E-state index contributed by atoms with van der Waals surface area (Å²) in [6.07, 6.45) is 1.88. The van der Waals surface area contributed by atoms with Crippen molar-refractivity contribution in [3.05, 3.63) is 33.8 Å². The summed E-state index contributed by atoms with van der Waals surface area (Å²) in [5, 5.41) is 7.81. The van der Waals surface area contributed by atoms with Crippen LogP contribution in [0.3, 0.4) is 0 Å². The van der Waals surface area contributed by atoms with Crippen LogP contribution in [-0.4, -0.2) is 50.1 Å². The van der Waals surface area contributed by atoms with Crippen LogP contribution in [0.5, 0.6) is 0 Å². The Morgan fingerprint density at radius 2 is 1.96 bits per heavy atom. The van der Waals surface area contributed by atoms with Crippen LogP contribution in [-0.2, 0) is 4.79 Å². The van der Waals surface area contributed by atoms with Gasteiger partial charge in [0.2, 0.25) is 5.91 Å². The molecule has 0 aliphatic carbocycles. The molecule has 2 fully saturated rings. The maximum absolute atomic E-state index is 12.8. The molecular formula is C17H23Cl2N3O. The first kappa shape index (κ1) is 17.0. The zero-order valence-electron chi connectivity index (χ0n) is 13.3. The van der Waals surface area contributed by atoms with Gasteiger partial charge in [-0.1, -0.05) is 29.3 Å². The molecule has 2 atom stereocenters. The van der Waals surface area contributed by atoms with Crippen molar-refractivity contribution in [2.24, 2.45) is 5.92 Å². The maximum Gasteiger partial charge on any atom is 0.225 e. The lowest BCUT2D eigenvalue weighted by Gasteiger charge is -2.26. The first-order valence-electron chi connectivity index (χ1n) is 8.22. The summed E-state index contributed by atoms with van der Waals surface area (Å²) in [6.45, 7) is 3.38. The van der Waals surface area contributed by atoms with Gasteiger partial charge in [0.1, 0.15) is 0 Å². The van der Waals surface area contributed by atoms with E-state index in [1.54, 1.807) is 0 Å². The van der Waals surface area contributed by atoms with E-state index in [9.17, 15) is 4.79 Å². The zero-order valence-corrected chi connectivity index (χ0v) is 14.8. The maximum atomic E-state index is 12.8. The molecule has 6 heteroatoms. The van der Waals surface area contributed by atoms with Crippen LogP contribution in [0.4, 0.5) is 0 Å². The fourth-order valence-electron chi connectivity index (χ4n) is 3.68. The smallest absolute Gasteiger partial charge is 0.225 e. The minimum atomic E-state index is 0.168. The molecule has 4 nitrogen and oxygen atoms in total. The lowest BCUT2D eigenvalue weighted by molar-refractivity contribution is -0.135. The van der Waals surface area contributed by atoms with Crippen molar-refractivity contribution in [2.45, 2.75) is 24.8 Å². The van der Waals surface area contributed by atoms with Crippen LogP contribution < -0.4 is 10.6 Å². The number of hydrogen-bond acceptors (Lipinski definition) is 3. The first-order valence-corrected chi connectivity index (χ1v) is 8.97. The molecule has 126 valence electrons.